The van der Waals surface area contributed by atoms with Crippen LogP contribution in [-0.4, -0.2) is 90.3 Å². The number of aromatic nitrogens is 1. The summed E-state index contributed by atoms with van der Waals surface area (Å²) in [7, 11) is 4.51. The number of likely N-dealkylation sites (tertiary alicyclic amines) is 1. The molecule has 1 aromatic heterocycles. The van der Waals surface area contributed by atoms with E-state index in [9.17, 15) is 19.2 Å². The number of amides is 1. The fourth-order valence-electron chi connectivity index (χ4n) is 9.50. The number of methoxy groups -OCH3 is 3. The Morgan fingerprint density at radius 3 is 1.73 bits per heavy atom. The van der Waals surface area contributed by atoms with Crippen molar-refractivity contribution in [3.8, 4) is 17.2 Å². The number of fused-ring (bicyclic) bond motifs is 1. The van der Waals surface area contributed by atoms with Crippen LogP contribution in [0.25, 0.3) is 23.1 Å². The van der Waals surface area contributed by atoms with E-state index in [0.717, 1.165) is 39.1 Å². The van der Waals surface area contributed by atoms with E-state index in [0.29, 0.717) is 69.7 Å². The van der Waals surface area contributed by atoms with Gasteiger partial charge in [-0.25, -0.2) is 0 Å². The number of H-pyrrole nitrogens is 1. The summed E-state index contributed by atoms with van der Waals surface area (Å²) in [6.45, 7) is 3.00. The number of ketones is 2. The first-order chi connectivity index (χ1) is 37.2. The number of nitrogens with two attached hydrogens (primary N) is 8. The third-order valence-corrected chi connectivity index (χ3v) is 13.5. The minimum absolute atomic E-state index is 0.0228. The number of Topliss-reactive ketones (excluding diaryl/α,β-unsaturated/α-hetero) is 1. The molecular formula is C56H60N14O8+4. The number of hydrogen-bond donors (Lipinski definition) is 11. The highest BCUT2D eigenvalue weighted by Gasteiger charge is 2.72. The van der Waals surface area contributed by atoms with Gasteiger partial charge in [-0.3, -0.25) is 69.2 Å². The molecule has 5 aromatic carbocycles. The Bertz CT molecular complexity index is 3510. The molecule has 398 valence electrons. The maximum atomic E-state index is 13.7. The Morgan fingerprint density at radius 2 is 1.24 bits per heavy atom. The van der Waals surface area contributed by atoms with Crippen LogP contribution in [0.3, 0.4) is 0 Å². The van der Waals surface area contributed by atoms with Gasteiger partial charge in [0, 0.05) is 48.5 Å². The SMILES string of the molecule is COc1cc2cc(C(=O)N3C[C@H]4CC45C3=CC(=O)C3=C5C(=O)C(C)(OC(C)=O)N3)[nH]c2c(OC)c1OC.NC(=[NH2+])c1ccc(/C=C/c2ccc(C(N)=[NH2+])cc2)cc1.NC(=[NH2+])c1ccc(N=NNc2ccc(C(N)=[NH2+])cc2)cc1. The van der Waals surface area contributed by atoms with Gasteiger partial charge in [0.05, 0.1) is 66.2 Å². The molecular weight excluding hydrogens is 997 g/mol. The van der Waals surface area contributed by atoms with Gasteiger partial charge < -0.3 is 34.1 Å². The monoisotopic (exact) mass is 1060 g/mol. The smallest absolute Gasteiger partial charge is 0.305 e. The highest BCUT2D eigenvalue weighted by Crippen LogP contribution is 2.70. The van der Waals surface area contributed by atoms with Crippen molar-refractivity contribution in [2.24, 2.45) is 44.6 Å². The Morgan fingerprint density at radius 1 is 0.731 bits per heavy atom. The molecule has 1 spiro atoms. The normalized spacial score (nSPS) is 18.5. The maximum absolute atomic E-state index is 13.7. The van der Waals surface area contributed by atoms with Gasteiger partial charge in [0.1, 0.15) is 5.69 Å². The molecule has 10 rings (SSSR count). The van der Waals surface area contributed by atoms with Crippen LogP contribution in [-0.2, 0) is 19.1 Å². The molecule has 6 aromatic rings. The van der Waals surface area contributed by atoms with E-state index >= 15 is 0 Å². The van der Waals surface area contributed by atoms with E-state index in [2.05, 4.69) is 26.1 Å². The molecule has 78 heavy (non-hydrogen) atoms. The molecule has 22 heteroatoms. The number of amidine groups is 4. The fraction of sp³-hybridized carbons (Fsp3) is 0.179. The number of carbonyl (C=O) groups excluding carboxylic acids is 4. The third kappa shape index (κ3) is 10.8. The van der Waals surface area contributed by atoms with E-state index in [4.69, 9.17) is 63.5 Å². The molecule has 1 saturated heterocycles. The second kappa shape index (κ2) is 21.8. The van der Waals surface area contributed by atoms with Crippen LogP contribution in [0, 0.1) is 11.3 Å². The van der Waals surface area contributed by atoms with Crippen molar-refractivity contribution in [3.05, 3.63) is 171 Å². The summed E-state index contributed by atoms with van der Waals surface area (Å²) in [5.41, 5.74) is 31.0. The third-order valence-electron chi connectivity index (χ3n) is 13.5. The van der Waals surface area contributed by atoms with E-state index in [-0.39, 0.29) is 34.9 Å². The first-order valence-corrected chi connectivity index (χ1v) is 24.2. The van der Waals surface area contributed by atoms with Gasteiger partial charge in [0.2, 0.25) is 23.0 Å². The van der Waals surface area contributed by atoms with Gasteiger partial charge >= 0.3 is 5.97 Å². The lowest BCUT2D eigenvalue weighted by Crippen LogP contribution is -2.48. The van der Waals surface area contributed by atoms with Gasteiger partial charge in [-0.1, -0.05) is 41.6 Å². The topological polar surface area (TPSA) is 379 Å². The number of anilines is 1. The summed E-state index contributed by atoms with van der Waals surface area (Å²) >= 11 is 0. The van der Waals surface area contributed by atoms with Crippen molar-refractivity contribution in [2.45, 2.75) is 26.0 Å². The first kappa shape index (κ1) is 53.9. The number of aromatic amines is 1. The molecule has 3 heterocycles. The zero-order valence-corrected chi connectivity index (χ0v) is 43.3. The van der Waals surface area contributed by atoms with E-state index in [1.807, 2.05) is 60.7 Å². The Hall–Kier alpha value is -10.4. The summed E-state index contributed by atoms with van der Waals surface area (Å²) in [6.07, 6.45) is 6.08. The molecule has 19 N–H and O–H groups in total. The lowest BCUT2D eigenvalue weighted by molar-refractivity contribution is -0.163. The average molecular weight is 1060 g/mol. The Labute approximate surface area is 447 Å². The van der Waals surface area contributed by atoms with Crippen LogP contribution in [0.1, 0.15) is 64.1 Å². The Balaban J connectivity index is 0.000000167. The van der Waals surface area contributed by atoms with Crippen molar-refractivity contribution in [1.29, 1.82) is 0 Å². The summed E-state index contributed by atoms with van der Waals surface area (Å²) in [5, 5.41) is 33.5. The largest absolute Gasteiger partial charge is 0.493 e. The molecule has 2 aliphatic heterocycles. The van der Waals surface area contributed by atoms with Crippen molar-refractivity contribution in [2.75, 3.05) is 33.3 Å². The zero-order valence-electron chi connectivity index (χ0n) is 43.3. The predicted octanol–water partition coefficient (Wildman–Crippen LogP) is -0.660. The summed E-state index contributed by atoms with van der Waals surface area (Å²) < 4.78 is 21.7. The number of piperidine rings is 1. The maximum Gasteiger partial charge on any atom is 0.305 e. The standard InChI is InChI=1S/C26H25N3O8.C16H16N4.C14H15N7/c1-11(30)37-25(2)23(32)18-20(28-25)15(31)8-17-26(18)9-13(26)10-29(17)24(33)14-6-12-7-16(34-3)21(35-4)22(36-5)19(12)27-14;17-15(18)13-7-3-11(4-8-13)1-2-12-5-9-14(10-6-12)16(19)20;15-13(16)9-1-5-11(6-2-9)19-21-20-12-7-3-10(4-8-12)14(17)18/h6-8,13,27-28H,9-10H2,1-5H3;1-10H,(H3,17,18)(H3,19,20);1-8H,(H3,15,16)(H3,17,18)(H,19,20)/p+4/b;2-1+;/t13-,25?,26?;;/m1../s1. The number of hydrogen-bond acceptors (Lipinski definition) is 11. The minimum atomic E-state index is -1.65. The number of esters is 1. The summed E-state index contributed by atoms with van der Waals surface area (Å²) in [6, 6.07) is 33.1. The van der Waals surface area contributed by atoms with Crippen LogP contribution >= 0.6 is 0 Å². The Kier molecular flexibility index (Phi) is 15.1. The molecule has 0 radical (unpaired) electrons. The lowest BCUT2D eigenvalue weighted by Gasteiger charge is -2.27. The van der Waals surface area contributed by atoms with Gasteiger partial charge in [-0.15, -0.1) is 5.11 Å². The van der Waals surface area contributed by atoms with E-state index < -0.39 is 28.7 Å². The highest BCUT2D eigenvalue weighted by molar-refractivity contribution is 6.20. The molecule has 3 atom stereocenters. The average Bonchev–Trinajstić information content (AvgIpc) is 3.92. The van der Waals surface area contributed by atoms with Crippen LogP contribution in [0.2, 0.25) is 0 Å². The van der Waals surface area contributed by atoms with E-state index in [1.165, 1.54) is 41.3 Å². The number of nitrogens with zero attached hydrogens (tertiary/aromatic N) is 3. The van der Waals surface area contributed by atoms with Crippen molar-refractivity contribution in [1.82, 2.24) is 15.2 Å². The molecule has 1 saturated carbocycles. The quantitative estimate of drug-likeness (QED) is 0.0161. The van der Waals surface area contributed by atoms with Gasteiger partial charge in [0.25, 0.3) is 29.2 Å². The molecule has 4 aliphatic rings. The molecule has 2 unspecified atom stereocenters. The number of allylic oxidation sites excluding steroid dienone is 2. The molecule has 2 fully saturated rings. The second-order valence-electron chi connectivity index (χ2n) is 18.6. The number of nitrogens with one attached hydrogen (secondary N) is 3. The van der Waals surface area contributed by atoms with Gasteiger partial charge in [-0.05, 0) is 108 Å². The van der Waals surface area contributed by atoms with Crippen molar-refractivity contribution >= 4 is 81.2 Å². The summed E-state index contributed by atoms with van der Waals surface area (Å²) in [5.74, 6) is 0.547. The van der Waals surface area contributed by atoms with Gasteiger partial charge in [0.15, 0.2) is 11.5 Å². The molecule has 1 amide bonds. The first-order valence-electron chi connectivity index (χ1n) is 24.2. The molecule has 2 aliphatic carbocycles. The highest BCUT2D eigenvalue weighted by atomic mass is 16.6. The van der Waals surface area contributed by atoms with Crippen LogP contribution < -0.4 is 69.5 Å². The zero-order chi connectivity index (χ0) is 56.2. The number of ether oxygens (including phenoxy) is 4. The molecule has 22 nitrogen and oxygen atoms in total. The van der Waals surface area contributed by atoms with Crippen LogP contribution in [0.4, 0.5) is 11.4 Å². The fourth-order valence-corrected chi connectivity index (χ4v) is 9.50. The van der Waals surface area contributed by atoms with Crippen molar-refractivity contribution < 1.29 is 59.8 Å². The van der Waals surface area contributed by atoms with Crippen LogP contribution in [0.5, 0.6) is 17.2 Å². The van der Waals surface area contributed by atoms with E-state index in [1.54, 1.807) is 65.6 Å². The number of rotatable bonds is 14. The predicted molar refractivity (Wildman–Crippen MR) is 292 cm³/mol. The summed E-state index contributed by atoms with van der Waals surface area (Å²) in [4.78, 5) is 56.6. The molecule has 0 bridgehead atoms. The van der Waals surface area contributed by atoms with Gasteiger partial charge in [-0.2, -0.15) is 0 Å². The van der Waals surface area contributed by atoms with Crippen LogP contribution in [0.15, 0.2) is 143 Å². The van der Waals surface area contributed by atoms with Crippen molar-refractivity contribution in [3.63, 3.8) is 0 Å². The lowest BCUT2D eigenvalue weighted by atomic mass is 9.82. The minimum Gasteiger partial charge on any atom is -0.493 e. The number of benzene rings is 5. The number of carbonyl (C=O) groups is 4. The second-order valence-corrected chi connectivity index (χ2v) is 18.6.